The molecule has 2 aromatic rings. The van der Waals surface area contributed by atoms with Gasteiger partial charge in [-0.3, -0.25) is 9.78 Å². The maximum atomic E-state index is 11.7. The van der Waals surface area contributed by atoms with Crippen molar-refractivity contribution in [2.45, 2.75) is 13.5 Å². The molecule has 0 fully saturated rings. The van der Waals surface area contributed by atoms with Crippen LogP contribution in [0.15, 0.2) is 29.1 Å². The number of nitrogens with zero attached hydrogens (tertiary/aromatic N) is 3. The summed E-state index contributed by atoms with van der Waals surface area (Å²) in [6.45, 7) is 1.88. The smallest absolute Gasteiger partial charge is 0.356 e. The number of carbonyl (C=O) groups is 1. The first-order valence-electron chi connectivity index (χ1n) is 5.82. The number of methoxy groups -OCH3 is 1. The van der Waals surface area contributed by atoms with Gasteiger partial charge in [0.05, 0.1) is 19.3 Å². The molecule has 1 N–H and O–H groups in total. The lowest BCUT2D eigenvalue weighted by molar-refractivity contribution is 0.0687. The maximum Gasteiger partial charge on any atom is 0.356 e. The van der Waals surface area contributed by atoms with Gasteiger partial charge in [0.25, 0.3) is 5.56 Å². The van der Waals surface area contributed by atoms with Crippen LogP contribution in [-0.2, 0) is 6.54 Å². The van der Waals surface area contributed by atoms with E-state index in [2.05, 4.69) is 10.1 Å². The monoisotopic (exact) mass is 275 g/mol. The van der Waals surface area contributed by atoms with Gasteiger partial charge in [0, 0.05) is 23.9 Å². The Balaban J connectivity index is 2.39. The SMILES string of the molecule is COc1cc(C)nc(Cn2nc(C(=O)O)ccc2=O)c1. The molecule has 0 radical (unpaired) electrons. The third-order valence-electron chi connectivity index (χ3n) is 2.61. The molecule has 0 saturated carbocycles. The molecule has 0 aromatic carbocycles. The summed E-state index contributed by atoms with van der Waals surface area (Å²) < 4.78 is 6.18. The Morgan fingerprint density at radius 2 is 2.15 bits per heavy atom. The molecule has 0 atom stereocenters. The molecule has 104 valence electrons. The fraction of sp³-hybridized carbons (Fsp3) is 0.231. The molecule has 0 unspecified atom stereocenters. The van der Waals surface area contributed by atoms with Crippen molar-refractivity contribution in [3.8, 4) is 5.75 Å². The lowest BCUT2D eigenvalue weighted by Crippen LogP contribution is -2.25. The summed E-state index contributed by atoms with van der Waals surface area (Å²) in [4.78, 5) is 26.8. The van der Waals surface area contributed by atoms with Crippen molar-refractivity contribution in [1.29, 1.82) is 0 Å². The molecule has 0 aliphatic rings. The van der Waals surface area contributed by atoms with E-state index in [0.717, 1.165) is 10.4 Å². The van der Waals surface area contributed by atoms with Gasteiger partial charge in [0.15, 0.2) is 5.69 Å². The zero-order valence-corrected chi connectivity index (χ0v) is 11.0. The minimum atomic E-state index is -1.19. The number of hydrogen-bond acceptors (Lipinski definition) is 5. The largest absolute Gasteiger partial charge is 0.497 e. The molecule has 0 saturated heterocycles. The number of ether oxygens (including phenoxy) is 1. The van der Waals surface area contributed by atoms with Gasteiger partial charge in [-0.25, -0.2) is 9.48 Å². The van der Waals surface area contributed by atoms with Gasteiger partial charge in [0.1, 0.15) is 5.75 Å². The number of aryl methyl sites for hydroxylation is 1. The van der Waals surface area contributed by atoms with Crippen molar-refractivity contribution in [1.82, 2.24) is 14.8 Å². The Labute approximate surface area is 114 Å². The second-order valence-electron chi connectivity index (χ2n) is 4.16. The van der Waals surface area contributed by atoms with E-state index < -0.39 is 11.5 Å². The molecule has 7 nitrogen and oxygen atoms in total. The fourth-order valence-electron chi connectivity index (χ4n) is 1.73. The Morgan fingerprint density at radius 1 is 1.40 bits per heavy atom. The van der Waals surface area contributed by atoms with E-state index in [1.54, 1.807) is 19.1 Å². The number of pyridine rings is 1. The molecule has 2 aromatic heterocycles. The minimum Gasteiger partial charge on any atom is -0.497 e. The van der Waals surface area contributed by atoms with Crippen molar-refractivity contribution in [2.75, 3.05) is 7.11 Å². The molecule has 0 bridgehead atoms. The zero-order valence-electron chi connectivity index (χ0n) is 11.0. The average Bonchev–Trinajstić information content (AvgIpc) is 2.40. The van der Waals surface area contributed by atoms with Gasteiger partial charge in [-0.15, -0.1) is 0 Å². The fourth-order valence-corrected chi connectivity index (χ4v) is 1.73. The van der Waals surface area contributed by atoms with E-state index in [1.165, 1.54) is 19.2 Å². The van der Waals surface area contributed by atoms with Crippen LogP contribution in [0.2, 0.25) is 0 Å². The molecule has 0 spiro atoms. The van der Waals surface area contributed by atoms with E-state index in [-0.39, 0.29) is 12.2 Å². The molecule has 2 rings (SSSR count). The third kappa shape index (κ3) is 3.00. The van der Waals surface area contributed by atoms with Crippen molar-refractivity contribution >= 4 is 5.97 Å². The lowest BCUT2D eigenvalue weighted by Gasteiger charge is -2.07. The topological polar surface area (TPSA) is 94.3 Å². The normalized spacial score (nSPS) is 10.3. The second kappa shape index (κ2) is 5.52. The maximum absolute atomic E-state index is 11.7. The highest BCUT2D eigenvalue weighted by Crippen LogP contribution is 2.13. The average molecular weight is 275 g/mol. The third-order valence-corrected chi connectivity index (χ3v) is 2.61. The molecule has 0 aliphatic heterocycles. The van der Waals surface area contributed by atoms with Crippen LogP contribution in [0.3, 0.4) is 0 Å². The summed E-state index contributed by atoms with van der Waals surface area (Å²) in [5.41, 5.74) is 0.724. The van der Waals surface area contributed by atoms with E-state index in [1.807, 2.05) is 0 Å². The van der Waals surface area contributed by atoms with Gasteiger partial charge in [-0.2, -0.15) is 5.10 Å². The van der Waals surface area contributed by atoms with Gasteiger partial charge in [0.2, 0.25) is 0 Å². The summed E-state index contributed by atoms with van der Waals surface area (Å²) in [6, 6.07) is 5.77. The number of aromatic carboxylic acids is 1. The first-order chi connectivity index (χ1) is 9.49. The van der Waals surface area contributed by atoms with Gasteiger partial charge in [-0.05, 0) is 13.0 Å². The van der Waals surface area contributed by atoms with E-state index in [9.17, 15) is 9.59 Å². The van der Waals surface area contributed by atoms with Crippen LogP contribution in [-0.4, -0.2) is 33.0 Å². The highest BCUT2D eigenvalue weighted by molar-refractivity contribution is 5.84. The zero-order chi connectivity index (χ0) is 14.7. The molecule has 7 heteroatoms. The van der Waals surface area contributed by atoms with Gasteiger partial charge < -0.3 is 9.84 Å². The van der Waals surface area contributed by atoms with Crippen molar-refractivity contribution in [3.63, 3.8) is 0 Å². The molecule has 20 heavy (non-hydrogen) atoms. The quantitative estimate of drug-likeness (QED) is 0.882. The summed E-state index contributed by atoms with van der Waals surface area (Å²) >= 11 is 0. The molecular formula is C13H13N3O4. The molecule has 0 aliphatic carbocycles. The summed E-state index contributed by atoms with van der Waals surface area (Å²) in [5, 5.41) is 12.7. The van der Waals surface area contributed by atoms with Crippen LogP contribution < -0.4 is 10.3 Å². The van der Waals surface area contributed by atoms with Crippen molar-refractivity contribution < 1.29 is 14.6 Å². The molecule has 0 amide bonds. The van der Waals surface area contributed by atoms with Gasteiger partial charge in [-0.1, -0.05) is 0 Å². The number of hydrogen-bond donors (Lipinski definition) is 1. The van der Waals surface area contributed by atoms with E-state index >= 15 is 0 Å². The second-order valence-corrected chi connectivity index (χ2v) is 4.16. The number of aromatic nitrogens is 3. The van der Waals surface area contributed by atoms with Crippen LogP contribution >= 0.6 is 0 Å². The lowest BCUT2D eigenvalue weighted by atomic mass is 10.3. The Hall–Kier alpha value is -2.70. The van der Waals surface area contributed by atoms with E-state index in [0.29, 0.717) is 11.4 Å². The van der Waals surface area contributed by atoms with Crippen LogP contribution in [0.1, 0.15) is 21.9 Å². The summed E-state index contributed by atoms with van der Waals surface area (Å²) in [6.07, 6.45) is 0. The first kappa shape index (κ1) is 13.7. The Bertz CT molecular complexity index is 709. The highest BCUT2D eigenvalue weighted by Gasteiger charge is 2.09. The molecule has 2 heterocycles. The Kier molecular flexibility index (Phi) is 3.79. The van der Waals surface area contributed by atoms with Crippen LogP contribution in [0.4, 0.5) is 0 Å². The Morgan fingerprint density at radius 3 is 2.80 bits per heavy atom. The summed E-state index contributed by atoms with van der Waals surface area (Å²) in [5.74, 6) is -0.566. The predicted molar refractivity (Wildman–Crippen MR) is 70.1 cm³/mol. The van der Waals surface area contributed by atoms with Crippen molar-refractivity contribution in [3.05, 3.63) is 51.7 Å². The van der Waals surface area contributed by atoms with Crippen LogP contribution in [0, 0.1) is 6.92 Å². The number of carboxylic acid groups (broad SMARTS) is 1. The number of rotatable bonds is 4. The van der Waals surface area contributed by atoms with Gasteiger partial charge >= 0.3 is 5.97 Å². The first-order valence-corrected chi connectivity index (χ1v) is 5.82. The van der Waals surface area contributed by atoms with E-state index in [4.69, 9.17) is 9.84 Å². The molecular weight excluding hydrogens is 262 g/mol. The minimum absolute atomic E-state index is 0.0813. The predicted octanol–water partition coefficient (Wildman–Crippen LogP) is 0.702. The highest BCUT2D eigenvalue weighted by atomic mass is 16.5. The van der Waals surface area contributed by atoms with Crippen LogP contribution in [0.5, 0.6) is 5.75 Å². The van der Waals surface area contributed by atoms with Crippen LogP contribution in [0.25, 0.3) is 0 Å². The number of carboxylic acids is 1. The van der Waals surface area contributed by atoms with Crippen molar-refractivity contribution in [2.24, 2.45) is 0 Å². The standard InChI is InChI=1S/C13H13N3O4/c1-8-5-10(20-2)6-9(14-8)7-16-12(17)4-3-11(15-16)13(18)19/h3-6H,7H2,1-2H3,(H,18,19). The summed E-state index contributed by atoms with van der Waals surface area (Å²) in [7, 11) is 1.54.